The van der Waals surface area contributed by atoms with Crippen LogP contribution >= 0.6 is 0 Å². The second kappa shape index (κ2) is 9.35. The van der Waals surface area contributed by atoms with E-state index in [1.54, 1.807) is 12.1 Å². The maximum absolute atomic E-state index is 10.6. The fourth-order valence-corrected chi connectivity index (χ4v) is 2.29. The van der Waals surface area contributed by atoms with E-state index in [4.69, 9.17) is 5.11 Å². The second-order valence-electron chi connectivity index (χ2n) is 8.38. The molecule has 0 fully saturated rings. The number of carbonyl (C=O) groups is 1. The van der Waals surface area contributed by atoms with Crippen LogP contribution in [0.15, 0.2) is 12.1 Å². The molecular formula is C20H33O6-. The Morgan fingerprint density at radius 1 is 1.04 bits per heavy atom. The molecule has 26 heavy (non-hydrogen) atoms. The number of carboxylic acids is 1. The van der Waals surface area contributed by atoms with Gasteiger partial charge >= 0.3 is 0 Å². The quantitative estimate of drug-likeness (QED) is 0.638. The zero-order valence-electron chi connectivity index (χ0n) is 16.8. The maximum atomic E-state index is 10.6. The fraction of sp³-hybridized carbons (Fsp3) is 0.650. The van der Waals surface area contributed by atoms with Crippen LogP contribution in [0.1, 0.15) is 77.7 Å². The van der Waals surface area contributed by atoms with E-state index in [0.29, 0.717) is 16.7 Å². The first-order valence-corrected chi connectivity index (χ1v) is 8.71. The highest BCUT2D eigenvalue weighted by molar-refractivity contribution is 5.63. The van der Waals surface area contributed by atoms with Crippen molar-refractivity contribution in [2.75, 3.05) is 6.61 Å². The van der Waals surface area contributed by atoms with E-state index in [9.17, 15) is 25.2 Å². The summed E-state index contributed by atoms with van der Waals surface area (Å²) < 4.78 is 0. The first kappa shape index (κ1) is 24.4. The van der Waals surface area contributed by atoms with E-state index in [-0.39, 0.29) is 23.0 Å². The lowest BCUT2D eigenvalue weighted by Gasteiger charge is -2.29. The number of aliphatic hydroxyl groups is 3. The number of benzene rings is 1. The van der Waals surface area contributed by atoms with Crippen molar-refractivity contribution >= 4 is 5.97 Å². The number of hydrogen-bond donors (Lipinski definition) is 4. The van der Waals surface area contributed by atoms with Gasteiger partial charge in [0.15, 0.2) is 0 Å². The van der Waals surface area contributed by atoms with Crippen LogP contribution in [0.25, 0.3) is 0 Å². The Balaban J connectivity index is 0.00000110. The second-order valence-corrected chi connectivity index (χ2v) is 8.38. The van der Waals surface area contributed by atoms with Crippen molar-refractivity contribution in [2.45, 2.75) is 77.9 Å². The first-order chi connectivity index (χ1) is 11.7. The summed E-state index contributed by atoms with van der Waals surface area (Å²) in [6.07, 6.45) is -2.31. The third kappa shape index (κ3) is 6.94. The Morgan fingerprint density at radius 2 is 1.38 bits per heavy atom. The predicted molar refractivity (Wildman–Crippen MR) is 98.9 cm³/mol. The average Bonchev–Trinajstić information content (AvgIpc) is 2.51. The van der Waals surface area contributed by atoms with Gasteiger partial charge in [-0.15, -0.1) is 0 Å². The average molecular weight is 369 g/mol. The molecule has 0 aromatic heterocycles. The molecule has 2 unspecified atom stereocenters. The zero-order valence-corrected chi connectivity index (χ0v) is 16.8. The van der Waals surface area contributed by atoms with Crippen molar-refractivity contribution in [1.82, 2.24) is 0 Å². The van der Waals surface area contributed by atoms with Crippen LogP contribution in [-0.2, 0) is 15.6 Å². The van der Waals surface area contributed by atoms with Crippen LogP contribution in [-0.4, -0.2) is 39.1 Å². The van der Waals surface area contributed by atoms with Gasteiger partial charge in [-0.05, 0) is 46.1 Å². The molecule has 0 aliphatic rings. The lowest BCUT2D eigenvalue weighted by Crippen LogP contribution is -2.24. The Labute approximate surface area is 156 Å². The molecule has 6 heteroatoms. The molecule has 0 saturated carbocycles. The molecule has 0 heterocycles. The van der Waals surface area contributed by atoms with Gasteiger partial charge in [0.2, 0.25) is 0 Å². The van der Waals surface area contributed by atoms with Crippen molar-refractivity contribution in [3.63, 3.8) is 0 Å². The Bertz CT molecular complexity index is 560. The van der Waals surface area contributed by atoms with Gasteiger partial charge in [0.1, 0.15) is 18.0 Å². The third-order valence-corrected chi connectivity index (χ3v) is 3.93. The van der Waals surface area contributed by atoms with Crippen LogP contribution in [0.4, 0.5) is 0 Å². The van der Waals surface area contributed by atoms with E-state index in [0.717, 1.165) is 0 Å². The number of phenols is 1. The molecule has 4 N–H and O–H groups in total. The Hall–Kier alpha value is -1.63. The Morgan fingerprint density at radius 3 is 1.62 bits per heavy atom. The summed E-state index contributed by atoms with van der Waals surface area (Å²) in [6.45, 7) is 12.9. The summed E-state index contributed by atoms with van der Waals surface area (Å²) in [7, 11) is 0. The molecule has 0 amide bonds. The number of phenolic OH excluding ortho intramolecular Hbond substituents is 1. The van der Waals surface area contributed by atoms with Crippen molar-refractivity contribution in [3.05, 3.63) is 28.8 Å². The van der Waals surface area contributed by atoms with Crippen molar-refractivity contribution in [1.29, 1.82) is 0 Å². The molecule has 1 aromatic carbocycles. The van der Waals surface area contributed by atoms with Gasteiger partial charge in [-0.1, -0.05) is 48.5 Å². The normalized spacial score (nSPS) is 14.2. The van der Waals surface area contributed by atoms with Gasteiger partial charge in [-0.2, -0.15) is 0 Å². The summed E-state index contributed by atoms with van der Waals surface area (Å²) >= 11 is 0. The van der Waals surface area contributed by atoms with Crippen molar-refractivity contribution in [3.8, 4) is 5.75 Å². The molecule has 2 atom stereocenters. The van der Waals surface area contributed by atoms with Gasteiger partial charge in [0.05, 0.1) is 6.61 Å². The van der Waals surface area contributed by atoms with E-state index in [2.05, 4.69) is 0 Å². The summed E-state index contributed by atoms with van der Waals surface area (Å²) in [5.74, 6) is -0.769. The molecule has 0 aliphatic heterocycles. The number of aromatic hydroxyl groups is 1. The number of carboxylic acid groups (broad SMARTS) is 1. The van der Waals surface area contributed by atoms with Crippen LogP contribution in [0, 0.1) is 0 Å². The SMILES string of the molecule is CC(C)(C)c1cc(C(O)C(O)CO)cc(C(C)(C)C)c1O.CCC(=O)[O-]. The highest BCUT2D eigenvalue weighted by Gasteiger charge is 2.29. The number of hydrogen-bond acceptors (Lipinski definition) is 6. The largest absolute Gasteiger partial charge is 0.550 e. The van der Waals surface area contributed by atoms with Gasteiger partial charge in [-0.3, -0.25) is 0 Å². The van der Waals surface area contributed by atoms with E-state index in [1.165, 1.54) is 6.92 Å². The minimum atomic E-state index is -1.24. The molecule has 1 rings (SSSR count). The van der Waals surface area contributed by atoms with Gasteiger partial charge < -0.3 is 30.3 Å². The Kier molecular flexibility index (Phi) is 8.76. The molecule has 0 spiro atoms. The lowest BCUT2D eigenvalue weighted by atomic mass is 9.77. The molecule has 1 aromatic rings. The predicted octanol–water partition coefficient (Wildman–Crippen LogP) is 1.52. The van der Waals surface area contributed by atoms with Crippen LogP contribution in [0.5, 0.6) is 5.75 Å². The summed E-state index contributed by atoms with van der Waals surface area (Å²) in [5, 5.41) is 48.7. The minimum absolute atomic E-state index is 0.111. The first-order valence-electron chi connectivity index (χ1n) is 8.71. The lowest BCUT2D eigenvalue weighted by molar-refractivity contribution is -0.305. The number of carbonyl (C=O) groups excluding carboxylic acids is 1. The smallest absolute Gasteiger partial charge is 0.123 e. The topological polar surface area (TPSA) is 121 Å². The third-order valence-electron chi connectivity index (χ3n) is 3.93. The zero-order chi connectivity index (χ0) is 20.9. The fourth-order valence-electron chi connectivity index (χ4n) is 2.29. The molecule has 6 nitrogen and oxygen atoms in total. The van der Waals surface area contributed by atoms with Gasteiger partial charge in [-0.25, -0.2) is 0 Å². The van der Waals surface area contributed by atoms with Crippen LogP contribution in [0.2, 0.25) is 0 Å². The standard InChI is InChI=1S/C17H28O4.C3H6O2/c1-16(2,3)11-7-10(14(20)13(19)9-18)8-12(15(11)21)17(4,5)6;1-2-3(4)5/h7-8,13-14,18-21H,9H2,1-6H3;2H2,1H3,(H,4,5)/p-1. The van der Waals surface area contributed by atoms with Crippen molar-refractivity contribution in [2.24, 2.45) is 0 Å². The maximum Gasteiger partial charge on any atom is 0.123 e. The molecule has 0 bridgehead atoms. The number of rotatable bonds is 4. The molecule has 0 aliphatic carbocycles. The molecule has 0 saturated heterocycles. The van der Waals surface area contributed by atoms with Crippen molar-refractivity contribution < 1.29 is 30.3 Å². The highest BCUT2D eigenvalue weighted by Crippen LogP contribution is 2.41. The molecular weight excluding hydrogens is 336 g/mol. The number of aliphatic carboxylic acids is 1. The van der Waals surface area contributed by atoms with Gasteiger partial charge in [0, 0.05) is 5.97 Å². The molecule has 0 radical (unpaired) electrons. The van der Waals surface area contributed by atoms with Gasteiger partial charge in [0.25, 0.3) is 0 Å². The summed E-state index contributed by atoms with van der Waals surface area (Å²) in [4.78, 5) is 9.26. The van der Waals surface area contributed by atoms with Crippen LogP contribution < -0.4 is 5.11 Å². The van der Waals surface area contributed by atoms with E-state index in [1.807, 2.05) is 41.5 Å². The summed E-state index contributed by atoms with van der Waals surface area (Å²) in [5.41, 5.74) is 1.33. The van der Waals surface area contributed by atoms with Crippen LogP contribution in [0.3, 0.4) is 0 Å². The highest BCUT2D eigenvalue weighted by atomic mass is 16.4. The minimum Gasteiger partial charge on any atom is -0.550 e. The van der Waals surface area contributed by atoms with E-state index >= 15 is 0 Å². The summed E-state index contributed by atoms with van der Waals surface area (Å²) in [6, 6.07) is 3.40. The van der Waals surface area contributed by atoms with E-state index < -0.39 is 24.8 Å². The number of aliphatic hydroxyl groups excluding tert-OH is 3. The monoisotopic (exact) mass is 369 g/mol. The molecule has 150 valence electrons.